The lowest BCUT2D eigenvalue weighted by Crippen LogP contribution is -2.47. The van der Waals surface area contributed by atoms with Gasteiger partial charge in [-0.25, -0.2) is 18.4 Å². The highest BCUT2D eigenvalue weighted by Crippen LogP contribution is 2.05. The summed E-state index contributed by atoms with van der Waals surface area (Å²) in [5, 5.41) is 0. The number of hydrogen-bond donors (Lipinski definition) is 2. The quantitative estimate of drug-likeness (QED) is 0.517. The molecule has 2 N–H and O–H groups in total. The zero-order valence-corrected chi connectivity index (χ0v) is 8.68. The molecule has 13 heavy (non-hydrogen) atoms. The molecule has 1 rings (SSSR count). The summed E-state index contributed by atoms with van der Waals surface area (Å²) in [7, 11) is 0.276. The van der Waals surface area contributed by atoms with Gasteiger partial charge in [-0.05, 0) is 0 Å². The van der Waals surface area contributed by atoms with E-state index in [0.29, 0.717) is 11.1 Å². The number of likely N-dealkylation sites (N-methyl/N-ethyl adjacent to an activating group) is 1. The van der Waals surface area contributed by atoms with E-state index in [4.69, 9.17) is 0 Å². The minimum Gasteiger partial charge on any atom is -0.268 e. The Morgan fingerprint density at radius 3 is 2.38 bits per heavy atom. The SMILES string of the molecule is C[N+]1(C)CC(NS(C)(=O)=O)C(=O)N1. The maximum absolute atomic E-state index is 11.2. The normalized spacial score (nSPS) is 27.3. The molecule has 1 heterocycles. The zero-order chi connectivity index (χ0) is 10.3. The summed E-state index contributed by atoms with van der Waals surface area (Å²) in [6.07, 6.45) is 1.04. The monoisotopic (exact) mass is 208 g/mol. The minimum atomic E-state index is -3.31. The highest BCUT2D eigenvalue weighted by Gasteiger charge is 2.39. The fraction of sp³-hybridized carbons (Fsp3) is 0.833. The molecule has 0 radical (unpaired) electrons. The Hall–Kier alpha value is -0.660. The number of nitrogens with one attached hydrogen (secondary N) is 2. The number of carbonyl (C=O) groups excluding carboxylic acids is 1. The Labute approximate surface area is 77.5 Å². The van der Waals surface area contributed by atoms with Crippen LogP contribution >= 0.6 is 0 Å². The van der Waals surface area contributed by atoms with Gasteiger partial charge in [0.25, 0.3) is 5.91 Å². The van der Waals surface area contributed by atoms with Gasteiger partial charge in [-0.1, -0.05) is 0 Å². The van der Waals surface area contributed by atoms with Crippen LogP contribution in [0.2, 0.25) is 0 Å². The van der Waals surface area contributed by atoms with Crippen LogP contribution in [0.4, 0.5) is 0 Å². The standard InChI is InChI=1S/C6H13N3O3S/c1-9(2)4-5(6(10)7-9)8-13(3,11)12/h5,8H,4H2,1-3H3/p+1. The van der Waals surface area contributed by atoms with Crippen LogP contribution in [0.15, 0.2) is 0 Å². The van der Waals surface area contributed by atoms with Gasteiger partial charge in [0.1, 0.15) is 6.54 Å². The maximum atomic E-state index is 11.2. The molecule has 1 amide bonds. The van der Waals surface area contributed by atoms with E-state index in [1.54, 1.807) is 14.1 Å². The molecule has 0 saturated carbocycles. The van der Waals surface area contributed by atoms with Crippen LogP contribution in [-0.4, -0.2) is 51.9 Å². The molecule has 7 heteroatoms. The number of nitrogens with zero attached hydrogens (tertiary/aromatic N) is 1. The first kappa shape index (κ1) is 10.4. The number of sulfonamides is 1. The van der Waals surface area contributed by atoms with Crippen molar-refractivity contribution in [3.63, 3.8) is 0 Å². The third-order valence-electron chi connectivity index (χ3n) is 1.72. The van der Waals surface area contributed by atoms with E-state index in [1.165, 1.54) is 0 Å². The van der Waals surface area contributed by atoms with Gasteiger partial charge in [-0.2, -0.15) is 4.72 Å². The molecule has 1 atom stereocenters. The van der Waals surface area contributed by atoms with Crippen LogP contribution in [0.3, 0.4) is 0 Å². The van der Waals surface area contributed by atoms with Crippen molar-refractivity contribution >= 4 is 15.9 Å². The largest absolute Gasteiger partial charge is 0.289 e. The van der Waals surface area contributed by atoms with Crippen LogP contribution in [-0.2, 0) is 14.8 Å². The molecule has 1 fully saturated rings. The van der Waals surface area contributed by atoms with E-state index in [0.717, 1.165) is 6.26 Å². The van der Waals surface area contributed by atoms with Crippen LogP contribution in [0, 0.1) is 0 Å². The molecular formula is C6H14N3O3S+. The van der Waals surface area contributed by atoms with Crippen molar-refractivity contribution in [2.45, 2.75) is 6.04 Å². The van der Waals surface area contributed by atoms with E-state index >= 15 is 0 Å². The van der Waals surface area contributed by atoms with Gasteiger partial charge < -0.3 is 0 Å². The Balaban J connectivity index is 2.70. The van der Waals surface area contributed by atoms with E-state index in [-0.39, 0.29) is 5.91 Å². The highest BCUT2D eigenvalue weighted by molar-refractivity contribution is 7.88. The van der Waals surface area contributed by atoms with Crippen molar-refractivity contribution in [2.75, 3.05) is 26.9 Å². The van der Waals surface area contributed by atoms with Crippen LogP contribution in [0.5, 0.6) is 0 Å². The molecule has 0 bridgehead atoms. The predicted octanol–water partition coefficient (Wildman–Crippen LogP) is -1.97. The van der Waals surface area contributed by atoms with Crippen LogP contribution < -0.4 is 10.1 Å². The third kappa shape index (κ3) is 2.94. The molecule has 0 aliphatic carbocycles. The Morgan fingerprint density at radius 1 is 1.54 bits per heavy atom. The average molecular weight is 208 g/mol. The summed E-state index contributed by atoms with van der Waals surface area (Å²) in [5.74, 6) is -0.282. The molecule has 1 aliphatic rings. The topological polar surface area (TPSA) is 75.3 Å². The minimum absolute atomic E-state index is 0.282. The molecule has 6 nitrogen and oxygen atoms in total. The lowest BCUT2D eigenvalue weighted by atomic mass is 10.3. The fourth-order valence-corrected chi connectivity index (χ4v) is 2.01. The summed E-state index contributed by atoms with van der Waals surface area (Å²) in [6, 6.07) is -0.648. The van der Waals surface area contributed by atoms with Gasteiger partial charge in [0.2, 0.25) is 10.0 Å². The van der Waals surface area contributed by atoms with Crippen LogP contribution in [0.1, 0.15) is 0 Å². The summed E-state index contributed by atoms with van der Waals surface area (Å²) in [5.41, 5.74) is 2.64. The smallest absolute Gasteiger partial charge is 0.268 e. The van der Waals surface area contributed by atoms with E-state index in [9.17, 15) is 13.2 Å². The Morgan fingerprint density at radius 2 is 2.08 bits per heavy atom. The molecule has 0 aromatic rings. The molecule has 1 unspecified atom stereocenters. The van der Waals surface area contributed by atoms with Gasteiger partial charge in [-0.3, -0.25) is 4.79 Å². The molecule has 0 spiro atoms. The molecule has 1 aliphatic heterocycles. The van der Waals surface area contributed by atoms with Gasteiger partial charge >= 0.3 is 0 Å². The summed E-state index contributed by atoms with van der Waals surface area (Å²) >= 11 is 0. The fourth-order valence-electron chi connectivity index (χ4n) is 1.31. The number of hydrogen-bond acceptors (Lipinski definition) is 3. The second-order valence-electron chi connectivity index (χ2n) is 3.79. The van der Waals surface area contributed by atoms with Gasteiger partial charge in [-0.15, -0.1) is 0 Å². The molecule has 0 aromatic heterocycles. The molecule has 76 valence electrons. The van der Waals surface area contributed by atoms with Gasteiger partial charge in [0, 0.05) is 0 Å². The third-order valence-corrected chi connectivity index (χ3v) is 2.44. The van der Waals surface area contributed by atoms with Crippen LogP contribution in [0.25, 0.3) is 0 Å². The number of amides is 1. The lowest BCUT2D eigenvalue weighted by molar-refractivity contribution is -0.916. The van der Waals surface area contributed by atoms with Crippen molar-refractivity contribution in [2.24, 2.45) is 0 Å². The molecule has 1 saturated heterocycles. The van der Waals surface area contributed by atoms with E-state index < -0.39 is 16.1 Å². The van der Waals surface area contributed by atoms with Crippen molar-refractivity contribution in [3.8, 4) is 0 Å². The summed E-state index contributed by atoms with van der Waals surface area (Å²) in [6.45, 7) is 0.423. The van der Waals surface area contributed by atoms with E-state index in [1.807, 2.05) is 0 Å². The highest BCUT2D eigenvalue weighted by atomic mass is 32.2. The zero-order valence-electron chi connectivity index (χ0n) is 7.86. The first-order chi connectivity index (χ1) is 5.70. The van der Waals surface area contributed by atoms with Crippen molar-refractivity contribution in [1.29, 1.82) is 0 Å². The molecular weight excluding hydrogens is 194 g/mol. The Bertz CT molecular complexity index is 322. The number of quaternary nitrogens is 1. The predicted molar refractivity (Wildman–Crippen MR) is 46.9 cm³/mol. The van der Waals surface area contributed by atoms with Gasteiger partial charge in [0.05, 0.1) is 20.4 Å². The summed E-state index contributed by atoms with van der Waals surface area (Å²) in [4.78, 5) is 11.2. The number of rotatable bonds is 2. The second-order valence-corrected chi connectivity index (χ2v) is 5.57. The first-order valence-corrected chi connectivity index (χ1v) is 5.71. The number of carbonyl (C=O) groups is 1. The Kier molecular flexibility index (Phi) is 2.35. The summed E-state index contributed by atoms with van der Waals surface area (Å²) < 4.78 is 24.3. The van der Waals surface area contributed by atoms with Crippen molar-refractivity contribution in [3.05, 3.63) is 0 Å². The first-order valence-electron chi connectivity index (χ1n) is 3.82. The van der Waals surface area contributed by atoms with Crippen molar-refractivity contribution in [1.82, 2.24) is 10.1 Å². The maximum Gasteiger partial charge on any atom is 0.289 e. The van der Waals surface area contributed by atoms with Gasteiger partial charge in [0.15, 0.2) is 6.04 Å². The lowest BCUT2D eigenvalue weighted by Gasteiger charge is -2.20. The van der Waals surface area contributed by atoms with Crippen molar-refractivity contribution < 1.29 is 17.8 Å². The van der Waals surface area contributed by atoms with E-state index in [2.05, 4.69) is 10.1 Å². The second kappa shape index (κ2) is 2.93. The molecule has 0 aromatic carbocycles. The average Bonchev–Trinajstić information content (AvgIpc) is 2.00.